The van der Waals surface area contributed by atoms with E-state index in [0.29, 0.717) is 5.75 Å². The molecular weight excluding hydrogens is 188 g/mol. The van der Waals surface area contributed by atoms with Crippen LogP contribution >= 0.6 is 0 Å². The van der Waals surface area contributed by atoms with E-state index in [9.17, 15) is 4.79 Å². The number of carbonyl (C=O) groups excluding carboxylic acids is 1. The van der Waals surface area contributed by atoms with Crippen molar-refractivity contribution in [3.8, 4) is 5.75 Å². The summed E-state index contributed by atoms with van der Waals surface area (Å²) in [6.07, 6.45) is 0.945. The van der Waals surface area contributed by atoms with Crippen LogP contribution in [0.25, 0.3) is 0 Å². The van der Waals surface area contributed by atoms with Gasteiger partial charge in [0, 0.05) is 0 Å². The van der Waals surface area contributed by atoms with Gasteiger partial charge in [0.2, 0.25) is 0 Å². The Morgan fingerprint density at radius 2 is 2.00 bits per heavy atom. The van der Waals surface area contributed by atoms with Gasteiger partial charge in [0.05, 0.1) is 5.41 Å². The summed E-state index contributed by atoms with van der Waals surface area (Å²) >= 11 is 0. The zero-order valence-electron chi connectivity index (χ0n) is 9.83. The summed E-state index contributed by atoms with van der Waals surface area (Å²) in [7, 11) is 0. The zero-order valence-corrected chi connectivity index (χ0v) is 9.83. The molecule has 0 unspecified atom stereocenters. The third-order valence-electron chi connectivity index (χ3n) is 2.13. The minimum atomic E-state index is -0.456. The standard InChI is InChI=1S/C13H18O2/c1-5-10-7-6-8-11(9-10)15-12(14)13(2,3)4/h6-9H,5H2,1-4H3. The highest BCUT2D eigenvalue weighted by Gasteiger charge is 2.23. The lowest BCUT2D eigenvalue weighted by Crippen LogP contribution is -2.25. The molecule has 2 heteroatoms. The molecule has 0 heterocycles. The molecule has 0 amide bonds. The number of aryl methyl sites for hydroxylation is 1. The van der Waals surface area contributed by atoms with Crippen LogP contribution in [0.2, 0.25) is 0 Å². The fourth-order valence-electron chi connectivity index (χ4n) is 1.09. The molecule has 0 aliphatic rings. The average Bonchev–Trinajstić information content (AvgIpc) is 2.16. The van der Waals surface area contributed by atoms with Crippen LogP contribution < -0.4 is 4.74 Å². The second-order valence-electron chi connectivity index (χ2n) is 4.64. The lowest BCUT2D eigenvalue weighted by atomic mass is 9.97. The molecule has 0 saturated heterocycles. The van der Waals surface area contributed by atoms with Gasteiger partial charge in [0.25, 0.3) is 0 Å². The molecule has 0 bridgehead atoms. The summed E-state index contributed by atoms with van der Waals surface area (Å²) in [6, 6.07) is 7.64. The van der Waals surface area contributed by atoms with Gasteiger partial charge in [0.1, 0.15) is 5.75 Å². The Hall–Kier alpha value is -1.31. The number of benzene rings is 1. The van der Waals surface area contributed by atoms with Crippen LogP contribution in [-0.4, -0.2) is 5.97 Å². The van der Waals surface area contributed by atoms with Gasteiger partial charge >= 0.3 is 5.97 Å². The third-order valence-corrected chi connectivity index (χ3v) is 2.13. The lowest BCUT2D eigenvalue weighted by Gasteiger charge is -2.16. The van der Waals surface area contributed by atoms with E-state index in [0.717, 1.165) is 6.42 Å². The van der Waals surface area contributed by atoms with E-state index in [-0.39, 0.29) is 5.97 Å². The molecule has 82 valence electrons. The summed E-state index contributed by atoms with van der Waals surface area (Å²) in [4.78, 5) is 11.6. The maximum Gasteiger partial charge on any atom is 0.316 e. The topological polar surface area (TPSA) is 26.3 Å². The van der Waals surface area contributed by atoms with E-state index in [4.69, 9.17) is 4.74 Å². The lowest BCUT2D eigenvalue weighted by molar-refractivity contribution is -0.142. The van der Waals surface area contributed by atoms with Crippen molar-refractivity contribution in [3.05, 3.63) is 29.8 Å². The first-order valence-corrected chi connectivity index (χ1v) is 5.24. The summed E-state index contributed by atoms with van der Waals surface area (Å²) in [5.41, 5.74) is 0.719. The first-order valence-electron chi connectivity index (χ1n) is 5.24. The van der Waals surface area contributed by atoms with Crippen LogP contribution in [0.5, 0.6) is 5.75 Å². The number of ether oxygens (including phenoxy) is 1. The third kappa shape index (κ3) is 3.39. The summed E-state index contributed by atoms with van der Waals surface area (Å²) in [5, 5.41) is 0. The van der Waals surface area contributed by atoms with Crippen molar-refractivity contribution in [3.63, 3.8) is 0 Å². The Morgan fingerprint density at radius 3 is 2.53 bits per heavy atom. The predicted molar refractivity (Wildman–Crippen MR) is 60.9 cm³/mol. The molecule has 1 aromatic carbocycles. The van der Waals surface area contributed by atoms with Crippen molar-refractivity contribution in [2.45, 2.75) is 34.1 Å². The molecule has 1 rings (SSSR count). The fraction of sp³-hybridized carbons (Fsp3) is 0.462. The quantitative estimate of drug-likeness (QED) is 0.548. The second kappa shape index (κ2) is 4.47. The minimum Gasteiger partial charge on any atom is -0.426 e. The highest BCUT2D eigenvalue weighted by Crippen LogP contribution is 2.20. The van der Waals surface area contributed by atoms with E-state index < -0.39 is 5.41 Å². The number of carbonyl (C=O) groups is 1. The van der Waals surface area contributed by atoms with Crippen LogP contribution in [0.3, 0.4) is 0 Å². The van der Waals surface area contributed by atoms with Crippen molar-refractivity contribution < 1.29 is 9.53 Å². The highest BCUT2D eigenvalue weighted by atomic mass is 16.5. The van der Waals surface area contributed by atoms with Gasteiger partial charge in [-0.3, -0.25) is 4.79 Å². The first-order chi connectivity index (χ1) is 6.93. The van der Waals surface area contributed by atoms with Gasteiger partial charge in [-0.1, -0.05) is 19.1 Å². The molecule has 0 saturated carbocycles. The summed E-state index contributed by atoms with van der Waals surface area (Å²) in [5.74, 6) is 0.435. The van der Waals surface area contributed by atoms with Crippen molar-refractivity contribution in [2.75, 3.05) is 0 Å². The van der Waals surface area contributed by atoms with E-state index in [1.807, 2.05) is 45.0 Å². The van der Waals surface area contributed by atoms with Gasteiger partial charge in [-0.2, -0.15) is 0 Å². The molecule has 0 atom stereocenters. The van der Waals surface area contributed by atoms with Gasteiger partial charge in [-0.05, 0) is 44.9 Å². The number of esters is 1. The van der Waals surface area contributed by atoms with Crippen LogP contribution in [-0.2, 0) is 11.2 Å². The second-order valence-corrected chi connectivity index (χ2v) is 4.64. The molecule has 0 aliphatic carbocycles. The van der Waals surface area contributed by atoms with Crippen molar-refractivity contribution in [1.29, 1.82) is 0 Å². The molecule has 15 heavy (non-hydrogen) atoms. The van der Waals surface area contributed by atoms with Crippen LogP contribution in [0.1, 0.15) is 33.3 Å². The molecule has 2 nitrogen and oxygen atoms in total. The van der Waals surface area contributed by atoms with Gasteiger partial charge < -0.3 is 4.74 Å². The maximum atomic E-state index is 11.6. The first kappa shape index (κ1) is 11.8. The molecular formula is C13H18O2. The highest BCUT2D eigenvalue weighted by molar-refractivity contribution is 5.77. The Labute approximate surface area is 91.3 Å². The molecule has 1 aromatic rings. The largest absolute Gasteiger partial charge is 0.426 e. The predicted octanol–water partition coefficient (Wildman–Crippen LogP) is 3.20. The molecule has 0 N–H and O–H groups in total. The number of hydrogen-bond donors (Lipinski definition) is 0. The van der Waals surface area contributed by atoms with Gasteiger partial charge in [-0.25, -0.2) is 0 Å². The monoisotopic (exact) mass is 206 g/mol. The Morgan fingerprint density at radius 1 is 1.33 bits per heavy atom. The Kier molecular flexibility index (Phi) is 3.51. The molecule has 0 radical (unpaired) electrons. The average molecular weight is 206 g/mol. The molecule has 0 fully saturated rings. The SMILES string of the molecule is CCc1cccc(OC(=O)C(C)(C)C)c1. The number of rotatable bonds is 2. The van der Waals surface area contributed by atoms with Crippen molar-refractivity contribution in [2.24, 2.45) is 5.41 Å². The van der Waals surface area contributed by atoms with E-state index in [2.05, 4.69) is 6.92 Å². The van der Waals surface area contributed by atoms with Crippen LogP contribution in [0.15, 0.2) is 24.3 Å². The minimum absolute atomic E-state index is 0.198. The Balaban J connectivity index is 2.77. The van der Waals surface area contributed by atoms with Gasteiger partial charge in [0.15, 0.2) is 0 Å². The van der Waals surface area contributed by atoms with Crippen molar-refractivity contribution in [1.82, 2.24) is 0 Å². The summed E-state index contributed by atoms with van der Waals surface area (Å²) in [6.45, 7) is 7.61. The van der Waals surface area contributed by atoms with Crippen LogP contribution in [0.4, 0.5) is 0 Å². The van der Waals surface area contributed by atoms with E-state index in [1.165, 1.54) is 5.56 Å². The smallest absolute Gasteiger partial charge is 0.316 e. The van der Waals surface area contributed by atoms with E-state index in [1.54, 1.807) is 0 Å². The summed E-state index contributed by atoms with van der Waals surface area (Å²) < 4.78 is 5.28. The molecule has 0 spiro atoms. The van der Waals surface area contributed by atoms with Crippen LogP contribution in [0, 0.1) is 5.41 Å². The normalized spacial score (nSPS) is 11.2. The number of hydrogen-bond acceptors (Lipinski definition) is 2. The zero-order chi connectivity index (χ0) is 11.5. The molecule has 0 aromatic heterocycles. The van der Waals surface area contributed by atoms with Gasteiger partial charge in [-0.15, -0.1) is 0 Å². The Bertz CT molecular complexity index is 348. The fourth-order valence-corrected chi connectivity index (χ4v) is 1.09. The maximum absolute atomic E-state index is 11.6. The van der Waals surface area contributed by atoms with Crippen molar-refractivity contribution >= 4 is 5.97 Å². The molecule has 0 aliphatic heterocycles. The van der Waals surface area contributed by atoms with E-state index >= 15 is 0 Å².